The molecule has 2 rings (SSSR count). The van der Waals surface area contributed by atoms with Crippen LogP contribution in [0.4, 0.5) is 5.69 Å². The predicted molar refractivity (Wildman–Crippen MR) is 84.6 cm³/mol. The number of nitro groups is 1. The molecule has 0 aliphatic carbocycles. The van der Waals surface area contributed by atoms with E-state index in [4.69, 9.17) is 11.6 Å². The van der Waals surface area contributed by atoms with Crippen molar-refractivity contribution in [1.29, 1.82) is 0 Å². The third-order valence-corrected chi connectivity index (χ3v) is 4.20. The first-order valence-electron chi connectivity index (χ1n) is 5.70. The van der Waals surface area contributed by atoms with Crippen molar-refractivity contribution in [3.05, 3.63) is 73.3 Å². The second-order valence-corrected chi connectivity index (χ2v) is 5.77. The van der Waals surface area contributed by atoms with Gasteiger partial charge in [-0.2, -0.15) is 0 Å². The minimum Gasteiger partial charge on any atom is -0.258 e. The van der Waals surface area contributed by atoms with Crippen LogP contribution in [0.3, 0.4) is 0 Å². The van der Waals surface area contributed by atoms with E-state index >= 15 is 0 Å². The molecule has 19 heavy (non-hydrogen) atoms. The van der Waals surface area contributed by atoms with Crippen LogP contribution >= 0.6 is 34.2 Å². The fourth-order valence-corrected chi connectivity index (χ4v) is 3.20. The van der Waals surface area contributed by atoms with Crippen molar-refractivity contribution in [2.45, 2.75) is 11.8 Å². The van der Waals surface area contributed by atoms with Crippen molar-refractivity contribution < 1.29 is 4.92 Å². The van der Waals surface area contributed by atoms with Gasteiger partial charge in [0.15, 0.2) is 0 Å². The smallest absolute Gasteiger partial charge is 0.258 e. The van der Waals surface area contributed by atoms with E-state index in [0.29, 0.717) is 12.0 Å². The maximum absolute atomic E-state index is 11.0. The van der Waals surface area contributed by atoms with Gasteiger partial charge in [-0.1, -0.05) is 36.4 Å². The average Bonchev–Trinajstić information content (AvgIpc) is 2.39. The van der Waals surface area contributed by atoms with Crippen molar-refractivity contribution in [2.75, 3.05) is 0 Å². The first-order valence-corrected chi connectivity index (χ1v) is 7.22. The summed E-state index contributed by atoms with van der Waals surface area (Å²) in [5.74, 6) is 0. The summed E-state index contributed by atoms with van der Waals surface area (Å²) in [7, 11) is 0. The maximum Gasteiger partial charge on any atom is 0.272 e. The topological polar surface area (TPSA) is 43.1 Å². The zero-order valence-corrected chi connectivity index (χ0v) is 12.8. The van der Waals surface area contributed by atoms with E-state index in [1.54, 1.807) is 18.2 Å². The molecule has 0 aliphatic heterocycles. The number of hydrogen-bond donors (Lipinski definition) is 0. The molecule has 3 nitrogen and oxygen atoms in total. The van der Waals surface area contributed by atoms with Crippen LogP contribution in [0, 0.1) is 13.7 Å². The van der Waals surface area contributed by atoms with Crippen molar-refractivity contribution in [3.8, 4) is 0 Å². The van der Waals surface area contributed by atoms with E-state index in [1.807, 2.05) is 24.3 Å². The minimum absolute atomic E-state index is 0.124. The molecule has 98 valence electrons. The Morgan fingerprint density at radius 2 is 1.79 bits per heavy atom. The molecule has 2 aromatic rings. The van der Waals surface area contributed by atoms with Crippen LogP contribution in [0.15, 0.2) is 48.5 Å². The molecule has 5 heteroatoms. The number of halogens is 2. The average molecular weight is 388 g/mol. The standard InChI is InChI=1S/C14H11ClINO2/c15-12(11-6-2-3-7-13(11)16)9-10-5-1-4-8-14(10)17(18)19/h1-8,12H,9H2. The second-order valence-electron chi connectivity index (χ2n) is 4.08. The van der Waals surface area contributed by atoms with Crippen LogP contribution in [-0.4, -0.2) is 4.92 Å². The zero-order valence-electron chi connectivity index (χ0n) is 9.92. The Balaban J connectivity index is 2.27. The Labute approximate surface area is 129 Å². The molecule has 0 bridgehead atoms. The molecule has 0 aliphatic rings. The van der Waals surface area contributed by atoms with Crippen LogP contribution in [-0.2, 0) is 6.42 Å². The van der Waals surface area contributed by atoms with Gasteiger partial charge in [0, 0.05) is 15.2 Å². The summed E-state index contributed by atoms with van der Waals surface area (Å²) in [5, 5.41) is 10.7. The summed E-state index contributed by atoms with van der Waals surface area (Å²) < 4.78 is 1.07. The summed E-state index contributed by atoms with van der Waals surface area (Å²) in [6.07, 6.45) is 0.443. The molecular weight excluding hydrogens is 377 g/mol. The molecule has 0 saturated carbocycles. The molecule has 0 spiro atoms. The number of benzene rings is 2. The van der Waals surface area contributed by atoms with Gasteiger partial charge in [-0.25, -0.2) is 0 Å². The lowest BCUT2D eigenvalue weighted by Gasteiger charge is -2.12. The Morgan fingerprint density at radius 1 is 1.16 bits per heavy atom. The van der Waals surface area contributed by atoms with Crippen LogP contribution in [0.5, 0.6) is 0 Å². The number of para-hydroxylation sites is 1. The highest BCUT2D eigenvalue weighted by atomic mass is 127. The first-order chi connectivity index (χ1) is 9.09. The van der Waals surface area contributed by atoms with Gasteiger partial charge in [-0.15, -0.1) is 11.6 Å². The quantitative estimate of drug-likeness (QED) is 0.330. The summed E-state index contributed by atoms with van der Waals surface area (Å²) >= 11 is 8.62. The van der Waals surface area contributed by atoms with Gasteiger partial charge in [-0.05, 0) is 40.6 Å². The van der Waals surface area contributed by atoms with E-state index in [9.17, 15) is 10.1 Å². The van der Waals surface area contributed by atoms with Gasteiger partial charge >= 0.3 is 0 Å². The third kappa shape index (κ3) is 3.45. The van der Waals surface area contributed by atoms with Crippen LogP contribution < -0.4 is 0 Å². The van der Waals surface area contributed by atoms with E-state index in [0.717, 1.165) is 9.13 Å². The summed E-state index contributed by atoms with van der Waals surface area (Å²) in [6, 6.07) is 14.5. The fourth-order valence-electron chi connectivity index (χ4n) is 1.89. The monoisotopic (exact) mass is 387 g/mol. The van der Waals surface area contributed by atoms with Crippen molar-refractivity contribution in [3.63, 3.8) is 0 Å². The first kappa shape index (κ1) is 14.3. The van der Waals surface area contributed by atoms with Gasteiger partial charge < -0.3 is 0 Å². The summed E-state index contributed by atoms with van der Waals surface area (Å²) in [6.45, 7) is 0. The molecule has 0 radical (unpaired) electrons. The highest BCUT2D eigenvalue weighted by Gasteiger charge is 2.18. The van der Waals surface area contributed by atoms with Gasteiger partial charge in [0.25, 0.3) is 5.69 Å². The maximum atomic E-state index is 11.0. The van der Waals surface area contributed by atoms with Gasteiger partial charge in [0.2, 0.25) is 0 Å². The molecule has 0 N–H and O–H groups in total. The van der Waals surface area contributed by atoms with Crippen molar-refractivity contribution in [2.24, 2.45) is 0 Å². The lowest BCUT2D eigenvalue weighted by atomic mass is 10.0. The molecule has 1 atom stereocenters. The Bertz CT molecular complexity index is 604. The normalized spacial score (nSPS) is 12.1. The van der Waals surface area contributed by atoms with E-state index in [1.165, 1.54) is 6.07 Å². The molecule has 0 amide bonds. The molecule has 0 aromatic heterocycles. The highest BCUT2D eigenvalue weighted by molar-refractivity contribution is 14.1. The zero-order chi connectivity index (χ0) is 13.8. The molecule has 0 saturated heterocycles. The molecule has 1 unspecified atom stereocenters. The SMILES string of the molecule is O=[N+]([O-])c1ccccc1CC(Cl)c1ccccc1I. The number of nitrogens with zero attached hydrogens (tertiary/aromatic N) is 1. The highest BCUT2D eigenvalue weighted by Crippen LogP contribution is 2.31. The van der Waals surface area contributed by atoms with E-state index in [-0.39, 0.29) is 16.0 Å². The van der Waals surface area contributed by atoms with Crippen molar-refractivity contribution in [1.82, 2.24) is 0 Å². The molecule has 2 aromatic carbocycles. The van der Waals surface area contributed by atoms with Gasteiger partial charge in [-0.3, -0.25) is 10.1 Å². The number of nitro benzene ring substituents is 1. The minimum atomic E-state index is -0.366. The predicted octanol–water partition coefficient (Wildman–Crippen LogP) is 4.72. The largest absolute Gasteiger partial charge is 0.272 e. The van der Waals surface area contributed by atoms with Gasteiger partial charge in [0.1, 0.15) is 0 Å². The number of hydrogen-bond acceptors (Lipinski definition) is 2. The summed E-state index contributed by atoms with van der Waals surface area (Å²) in [4.78, 5) is 10.6. The lowest BCUT2D eigenvalue weighted by molar-refractivity contribution is -0.385. The van der Waals surface area contributed by atoms with E-state index < -0.39 is 0 Å². The van der Waals surface area contributed by atoms with Crippen molar-refractivity contribution >= 4 is 39.9 Å². The molecule has 0 heterocycles. The molecular formula is C14H11ClINO2. The van der Waals surface area contributed by atoms with Crippen LogP contribution in [0.2, 0.25) is 0 Å². The van der Waals surface area contributed by atoms with E-state index in [2.05, 4.69) is 22.6 Å². The third-order valence-electron chi connectivity index (χ3n) is 2.83. The van der Waals surface area contributed by atoms with Gasteiger partial charge in [0.05, 0.1) is 10.3 Å². The molecule has 0 fully saturated rings. The second kappa shape index (κ2) is 6.34. The van der Waals surface area contributed by atoms with Crippen LogP contribution in [0.1, 0.15) is 16.5 Å². The number of rotatable bonds is 4. The summed E-state index contributed by atoms with van der Waals surface area (Å²) in [5.41, 5.74) is 1.79. The Morgan fingerprint density at radius 3 is 2.47 bits per heavy atom. The fraction of sp³-hybridized carbons (Fsp3) is 0.143. The number of alkyl halides is 1. The van der Waals surface area contributed by atoms with Crippen LogP contribution in [0.25, 0.3) is 0 Å². The lowest BCUT2D eigenvalue weighted by Crippen LogP contribution is -2.01. The Kier molecular flexibility index (Phi) is 4.76. The Hall–Kier alpha value is -1.14.